The first kappa shape index (κ1) is 33.5. The Bertz CT molecular complexity index is 1120. The molecule has 0 atom stereocenters. The molecule has 214 valence electrons. The van der Waals surface area contributed by atoms with E-state index in [0.29, 0.717) is 17.5 Å². The molecular weight excluding hydrogens is 491 g/mol. The second-order valence-electron chi connectivity index (χ2n) is 10.2. The first-order valence-corrected chi connectivity index (χ1v) is 13.6. The van der Waals surface area contributed by atoms with Crippen LogP contribution in [0.3, 0.4) is 0 Å². The van der Waals surface area contributed by atoms with Gasteiger partial charge in [0.05, 0.1) is 5.69 Å². The molecule has 7 nitrogen and oxygen atoms in total. The molecule has 0 unspecified atom stereocenters. The van der Waals surface area contributed by atoms with Gasteiger partial charge in [0.15, 0.2) is 0 Å². The first-order valence-electron chi connectivity index (χ1n) is 13.6. The van der Waals surface area contributed by atoms with Crippen LogP contribution in [0.2, 0.25) is 0 Å². The Morgan fingerprint density at radius 1 is 1.03 bits per heavy atom. The summed E-state index contributed by atoms with van der Waals surface area (Å²) in [5, 5.41) is 12.6. The third kappa shape index (κ3) is 12.7. The third-order valence-corrected chi connectivity index (χ3v) is 5.76. The molecule has 0 radical (unpaired) electrons. The van der Waals surface area contributed by atoms with Crippen molar-refractivity contribution in [2.45, 2.75) is 60.3 Å². The Hall–Kier alpha value is -3.52. The van der Waals surface area contributed by atoms with Crippen molar-refractivity contribution in [1.82, 2.24) is 15.3 Å². The predicted molar refractivity (Wildman–Crippen MR) is 165 cm³/mol. The summed E-state index contributed by atoms with van der Waals surface area (Å²) < 4.78 is 14.3. The molecule has 0 bridgehead atoms. The van der Waals surface area contributed by atoms with E-state index in [0.717, 1.165) is 47.3 Å². The number of nitrogens with zero attached hydrogens (tertiary/aromatic N) is 2. The Balaban J connectivity index is 0.000000649. The highest BCUT2D eigenvalue weighted by molar-refractivity contribution is 5.77. The van der Waals surface area contributed by atoms with Crippen LogP contribution in [0.1, 0.15) is 58.9 Å². The van der Waals surface area contributed by atoms with Crippen molar-refractivity contribution in [3.63, 3.8) is 0 Å². The zero-order chi connectivity index (χ0) is 29.3. The van der Waals surface area contributed by atoms with Crippen LogP contribution in [0.25, 0.3) is 11.1 Å². The van der Waals surface area contributed by atoms with Crippen molar-refractivity contribution in [2.75, 3.05) is 43.1 Å². The van der Waals surface area contributed by atoms with Crippen molar-refractivity contribution in [3.8, 4) is 11.1 Å². The minimum atomic E-state index is -0.312. The van der Waals surface area contributed by atoms with Gasteiger partial charge in [0, 0.05) is 31.0 Å². The van der Waals surface area contributed by atoms with Gasteiger partial charge in [-0.15, -0.1) is 0 Å². The number of aryl methyl sites for hydroxylation is 1. The first-order chi connectivity index (χ1) is 18.7. The second kappa shape index (κ2) is 17.9. The van der Waals surface area contributed by atoms with Gasteiger partial charge in [-0.2, -0.15) is 4.98 Å². The lowest BCUT2D eigenvalue weighted by atomic mass is 10.1. The maximum Gasteiger partial charge on any atom is 0.229 e. The number of anilines is 4. The van der Waals surface area contributed by atoms with Gasteiger partial charge in [0.25, 0.3) is 0 Å². The number of hydrogen-bond acceptors (Lipinski definition) is 7. The summed E-state index contributed by atoms with van der Waals surface area (Å²) in [6, 6.07) is 13.1. The van der Waals surface area contributed by atoms with Crippen molar-refractivity contribution in [3.05, 3.63) is 60.0 Å². The van der Waals surface area contributed by atoms with E-state index in [4.69, 9.17) is 4.79 Å². The molecule has 1 heterocycles. The molecule has 39 heavy (non-hydrogen) atoms. The molecular formula is C31H47FN6O. The number of carbonyl (C=O) groups is 1. The summed E-state index contributed by atoms with van der Waals surface area (Å²) in [6.07, 6.45) is 6.81. The number of benzene rings is 2. The average Bonchev–Trinajstić information content (AvgIpc) is 3.62. The van der Waals surface area contributed by atoms with Crippen LogP contribution in [-0.4, -0.2) is 43.9 Å². The van der Waals surface area contributed by atoms with Crippen molar-refractivity contribution in [2.24, 2.45) is 5.41 Å². The van der Waals surface area contributed by atoms with Gasteiger partial charge in [-0.1, -0.05) is 52.3 Å². The summed E-state index contributed by atoms with van der Waals surface area (Å²) in [5.41, 5.74) is 4.75. The van der Waals surface area contributed by atoms with Crippen LogP contribution < -0.4 is 21.3 Å². The monoisotopic (exact) mass is 538 g/mol. The molecule has 1 aromatic heterocycles. The minimum Gasteiger partial charge on any atom is -0.386 e. The molecule has 0 amide bonds. The Morgan fingerprint density at radius 2 is 1.69 bits per heavy atom. The molecule has 0 spiro atoms. The standard InChI is InChI=1S/C22H27FN6.C5H10.C3H8.CH2O/c1-15-6-4-7-17(12-15)28-22-27-14-18(21(29-22)26-11-5-10-24-2)16-8-9-20(25-3)19(23)13-16;1-5(2)3-4-5;1-3-2;1-2/h4,6-9,12-14,24-25H,5,10-11H2,1-3H3,(H2,26,27,28,29);3-4H2,1-2H3;3H2,1-2H3;1H2. The molecule has 2 aromatic carbocycles. The Kier molecular flexibility index (Phi) is 15.4. The predicted octanol–water partition coefficient (Wildman–Crippen LogP) is 7.44. The molecule has 1 fully saturated rings. The number of nitrogens with one attached hydrogen (secondary N) is 4. The fourth-order valence-corrected chi connectivity index (χ4v) is 3.25. The van der Waals surface area contributed by atoms with Gasteiger partial charge >= 0.3 is 0 Å². The van der Waals surface area contributed by atoms with Gasteiger partial charge < -0.3 is 26.1 Å². The molecule has 4 N–H and O–H groups in total. The highest BCUT2D eigenvalue weighted by atomic mass is 19.1. The van der Waals surface area contributed by atoms with Gasteiger partial charge in [0.1, 0.15) is 18.4 Å². The Labute approximate surface area is 234 Å². The van der Waals surface area contributed by atoms with Gasteiger partial charge in [-0.3, -0.25) is 0 Å². The van der Waals surface area contributed by atoms with E-state index in [9.17, 15) is 4.39 Å². The van der Waals surface area contributed by atoms with E-state index >= 15 is 0 Å². The van der Waals surface area contributed by atoms with E-state index in [2.05, 4.69) is 58.9 Å². The fourth-order valence-electron chi connectivity index (χ4n) is 3.25. The van der Waals surface area contributed by atoms with Gasteiger partial charge in [-0.25, -0.2) is 9.37 Å². The zero-order valence-electron chi connectivity index (χ0n) is 24.7. The third-order valence-electron chi connectivity index (χ3n) is 5.76. The lowest BCUT2D eigenvalue weighted by molar-refractivity contribution is -0.0980. The van der Waals surface area contributed by atoms with Crippen LogP contribution in [-0.2, 0) is 4.79 Å². The normalized spacial score (nSPS) is 12.3. The molecule has 1 saturated carbocycles. The van der Waals surface area contributed by atoms with E-state index in [1.54, 1.807) is 19.3 Å². The largest absolute Gasteiger partial charge is 0.386 e. The smallest absolute Gasteiger partial charge is 0.229 e. The van der Waals surface area contributed by atoms with Crippen LogP contribution in [0.5, 0.6) is 0 Å². The summed E-state index contributed by atoms with van der Waals surface area (Å²) in [6.45, 7) is 14.5. The van der Waals surface area contributed by atoms with E-state index in [1.807, 2.05) is 51.1 Å². The summed E-state index contributed by atoms with van der Waals surface area (Å²) in [4.78, 5) is 17.1. The highest BCUT2D eigenvalue weighted by Crippen LogP contribution is 2.43. The van der Waals surface area contributed by atoms with Crippen LogP contribution in [0, 0.1) is 18.2 Å². The maximum absolute atomic E-state index is 14.3. The van der Waals surface area contributed by atoms with E-state index < -0.39 is 0 Å². The molecule has 0 aliphatic heterocycles. The highest BCUT2D eigenvalue weighted by Gasteiger charge is 2.30. The topological polar surface area (TPSA) is 91.0 Å². The van der Waals surface area contributed by atoms with Crippen molar-refractivity contribution >= 4 is 29.9 Å². The molecule has 8 heteroatoms. The SMILES string of the molecule is C=O.CC1(C)CC1.CCC.CNCCCNc1nc(Nc2cccc(C)c2)ncc1-c1ccc(NC)c(F)c1. The Morgan fingerprint density at radius 3 is 2.23 bits per heavy atom. The molecule has 0 saturated heterocycles. The number of halogens is 1. The van der Waals surface area contributed by atoms with Crippen molar-refractivity contribution in [1.29, 1.82) is 0 Å². The summed E-state index contributed by atoms with van der Waals surface area (Å²) in [7, 11) is 3.62. The minimum absolute atomic E-state index is 0.312. The van der Waals surface area contributed by atoms with Crippen LogP contribution in [0.15, 0.2) is 48.7 Å². The summed E-state index contributed by atoms with van der Waals surface area (Å²) in [5.74, 6) is 0.846. The average molecular weight is 539 g/mol. The molecule has 1 aliphatic carbocycles. The lowest BCUT2D eigenvalue weighted by Crippen LogP contribution is -2.14. The number of aromatic nitrogens is 2. The van der Waals surface area contributed by atoms with Gasteiger partial charge in [0.2, 0.25) is 5.95 Å². The van der Waals surface area contributed by atoms with E-state index in [-0.39, 0.29) is 5.82 Å². The number of hydrogen-bond donors (Lipinski definition) is 4. The molecule has 1 aliphatic rings. The lowest BCUT2D eigenvalue weighted by Gasteiger charge is -2.14. The van der Waals surface area contributed by atoms with E-state index in [1.165, 1.54) is 25.3 Å². The van der Waals surface area contributed by atoms with Crippen LogP contribution in [0.4, 0.5) is 27.5 Å². The van der Waals surface area contributed by atoms with Crippen molar-refractivity contribution < 1.29 is 9.18 Å². The molecule has 4 rings (SSSR count). The number of rotatable bonds is 9. The summed E-state index contributed by atoms with van der Waals surface area (Å²) >= 11 is 0. The second-order valence-corrected chi connectivity index (χ2v) is 10.2. The zero-order valence-corrected chi connectivity index (χ0v) is 24.7. The number of carbonyl (C=O) groups excluding carboxylic acids is 1. The quantitative estimate of drug-likeness (QED) is 0.211. The molecule has 3 aromatic rings. The fraction of sp³-hybridized carbons (Fsp3) is 0.452. The van der Waals surface area contributed by atoms with Gasteiger partial charge in [-0.05, 0) is 80.6 Å². The van der Waals surface area contributed by atoms with Crippen LogP contribution >= 0.6 is 0 Å². The maximum atomic E-state index is 14.3.